The molecule has 0 amide bonds. The Labute approximate surface area is 77.2 Å². The maximum absolute atomic E-state index is 9.74. The number of fused-ring (bicyclic) bond motifs is 2. The number of aromatic hydroxyl groups is 1. The summed E-state index contributed by atoms with van der Waals surface area (Å²) in [6.07, 6.45) is 1.15. The molecule has 1 heterocycles. The summed E-state index contributed by atoms with van der Waals surface area (Å²) >= 11 is 0. The van der Waals surface area contributed by atoms with Crippen LogP contribution < -0.4 is 4.74 Å². The third-order valence-corrected chi connectivity index (χ3v) is 3.44. The van der Waals surface area contributed by atoms with Gasteiger partial charge in [0.15, 0.2) is 0 Å². The van der Waals surface area contributed by atoms with Crippen LogP contribution in [0.5, 0.6) is 11.5 Å². The standard InChI is InChI=1S/C11H12O2/c1-7-5-11(7)6-13-9-4-2-3-8(12)10(9)11/h2-4,7,12H,5-6H2,1H3. The van der Waals surface area contributed by atoms with Gasteiger partial charge in [-0.2, -0.15) is 0 Å². The maximum Gasteiger partial charge on any atom is 0.126 e. The van der Waals surface area contributed by atoms with E-state index in [1.54, 1.807) is 6.07 Å². The zero-order chi connectivity index (χ0) is 9.05. The predicted octanol–water partition coefficient (Wildman–Crippen LogP) is 2.06. The van der Waals surface area contributed by atoms with Crippen LogP contribution in [-0.2, 0) is 5.41 Å². The first-order chi connectivity index (χ1) is 6.24. The summed E-state index contributed by atoms with van der Waals surface area (Å²) in [6.45, 7) is 2.96. The van der Waals surface area contributed by atoms with E-state index >= 15 is 0 Å². The fraction of sp³-hybridized carbons (Fsp3) is 0.455. The van der Waals surface area contributed by atoms with Gasteiger partial charge in [-0.15, -0.1) is 0 Å². The first-order valence-corrected chi connectivity index (χ1v) is 4.69. The van der Waals surface area contributed by atoms with Gasteiger partial charge in [0.2, 0.25) is 0 Å². The lowest BCUT2D eigenvalue weighted by Gasteiger charge is -2.07. The van der Waals surface area contributed by atoms with Crippen LogP contribution in [0.1, 0.15) is 18.9 Å². The largest absolute Gasteiger partial charge is 0.508 e. The van der Waals surface area contributed by atoms with Crippen LogP contribution >= 0.6 is 0 Å². The highest BCUT2D eigenvalue weighted by Gasteiger charge is 2.58. The quantitative estimate of drug-likeness (QED) is 0.655. The molecule has 0 bridgehead atoms. The zero-order valence-electron chi connectivity index (χ0n) is 7.58. The minimum absolute atomic E-state index is 0.153. The number of hydrogen-bond donors (Lipinski definition) is 1. The average molecular weight is 176 g/mol. The third-order valence-electron chi connectivity index (χ3n) is 3.44. The summed E-state index contributed by atoms with van der Waals surface area (Å²) in [6, 6.07) is 5.52. The Morgan fingerprint density at radius 3 is 3.00 bits per heavy atom. The van der Waals surface area contributed by atoms with Crippen LogP contribution in [0.15, 0.2) is 18.2 Å². The second-order valence-electron chi connectivity index (χ2n) is 4.20. The van der Waals surface area contributed by atoms with E-state index in [1.807, 2.05) is 12.1 Å². The SMILES string of the molecule is CC1CC12COc1cccc(O)c12. The third kappa shape index (κ3) is 0.736. The molecule has 1 spiro atoms. The normalized spacial score (nSPS) is 34.4. The second kappa shape index (κ2) is 2.00. The predicted molar refractivity (Wildman–Crippen MR) is 49.1 cm³/mol. The lowest BCUT2D eigenvalue weighted by atomic mass is 9.95. The van der Waals surface area contributed by atoms with Crippen molar-refractivity contribution in [2.75, 3.05) is 6.61 Å². The summed E-state index contributed by atoms with van der Waals surface area (Å²) in [5.74, 6) is 1.94. The summed E-state index contributed by atoms with van der Waals surface area (Å²) in [4.78, 5) is 0. The molecule has 0 radical (unpaired) electrons. The highest BCUT2D eigenvalue weighted by atomic mass is 16.5. The molecule has 0 saturated heterocycles. The molecular weight excluding hydrogens is 164 g/mol. The van der Waals surface area contributed by atoms with E-state index in [-0.39, 0.29) is 5.41 Å². The van der Waals surface area contributed by atoms with Crippen molar-refractivity contribution < 1.29 is 9.84 Å². The molecule has 2 nitrogen and oxygen atoms in total. The number of hydrogen-bond acceptors (Lipinski definition) is 2. The fourth-order valence-electron chi connectivity index (χ4n) is 2.46. The Bertz CT molecular complexity index is 372. The number of ether oxygens (including phenoxy) is 1. The Morgan fingerprint density at radius 1 is 1.54 bits per heavy atom. The fourth-order valence-corrected chi connectivity index (χ4v) is 2.46. The van der Waals surface area contributed by atoms with Crippen LogP contribution in [0.25, 0.3) is 0 Å². The molecule has 2 heteroatoms. The highest BCUT2D eigenvalue weighted by molar-refractivity contribution is 5.55. The molecule has 2 unspecified atom stereocenters. The van der Waals surface area contributed by atoms with Crippen LogP contribution in [0.2, 0.25) is 0 Å². The van der Waals surface area contributed by atoms with Crippen molar-refractivity contribution in [3.63, 3.8) is 0 Å². The van der Waals surface area contributed by atoms with E-state index in [0.717, 1.165) is 24.3 Å². The molecule has 1 N–H and O–H groups in total. The van der Waals surface area contributed by atoms with Gasteiger partial charge >= 0.3 is 0 Å². The molecule has 1 aliphatic carbocycles. The molecule has 1 saturated carbocycles. The van der Waals surface area contributed by atoms with Crippen LogP contribution in [0, 0.1) is 5.92 Å². The molecule has 1 aromatic carbocycles. The minimum atomic E-state index is 0.153. The van der Waals surface area contributed by atoms with Crippen molar-refractivity contribution >= 4 is 0 Å². The maximum atomic E-state index is 9.74. The molecular formula is C11H12O2. The van der Waals surface area contributed by atoms with Gasteiger partial charge in [0.1, 0.15) is 11.5 Å². The van der Waals surface area contributed by atoms with E-state index in [1.165, 1.54) is 0 Å². The van der Waals surface area contributed by atoms with E-state index in [4.69, 9.17) is 4.74 Å². The average Bonchev–Trinajstić information content (AvgIpc) is 2.58. The molecule has 0 aromatic heterocycles. The van der Waals surface area contributed by atoms with Gasteiger partial charge in [0.25, 0.3) is 0 Å². The van der Waals surface area contributed by atoms with Crippen LogP contribution in [0.4, 0.5) is 0 Å². The summed E-state index contributed by atoms with van der Waals surface area (Å²) in [7, 11) is 0. The van der Waals surface area contributed by atoms with Gasteiger partial charge in [0, 0.05) is 11.0 Å². The smallest absolute Gasteiger partial charge is 0.126 e. The topological polar surface area (TPSA) is 29.5 Å². The van der Waals surface area contributed by atoms with Crippen molar-refractivity contribution in [3.8, 4) is 11.5 Å². The molecule has 2 atom stereocenters. The molecule has 1 fully saturated rings. The molecule has 3 rings (SSSR count). The van der Waals surface area contributed by atoms with Crippen molar-refractivity contribution in [3.05, 3.63) is 23.8 Å². The van der Waals surface area contributed by atoms with Crippen molar-refractivity contribution in [2.45, 2.75) is 18.8 Å². The van der Waals surface area contributed by atoms with Crippen molar-refractivity contribution in [1.29, 1.82) is 0 Å². The van der Waals surface area contributed by atoms with Crippen molar-refractivity contribution in [2.24, 2.45) is 5.92 Å². The van der Waals surface area contributed by atoms with E-state index in [2.05, 4.69) is 6.92 Å². The Hall–Kier alpha value is -1.18. The van der Waals surface area contributed by atoms with Crippen LogP contribution in [-0.4, -0.2) is 11.7 Å². The highest BCUT2D eigenvalue weighted by Crippen LogP contribution is 2.62. The lowest BCUT2D eigenvalue weighted by Crippen LogP contribution is -2.10. The zero-order valence-corrected chi connectivity index (χ0v) is 7.58. The summed E-state index contributed by atoms with van der Waals surface area (Å²) < 4.78 is 5.57. The lowest BCUT2D eigenvalue weighted by molar-refractivity contribution is 0.316. The molecule has 1 aliphatic heterocycles. The van der Waals surface area contributed by atoms with Gasteiger partial charge in [0.05, 0.1) is 6.61 Å². The monoisotopic (exact) mass is 176 g/mol. The van der Waals surface area contributed by atoms with Gasteiger partial charge in [-0.05, 0) is 24.5 Å². The second-order valence-corrected chi connectivity index (χ2v) is 4.20. The number of benzene rings is 1. The summed E-state index contributed by atoms with van der Waals surface area (Å²) in [5, 5.41) is 9.74. The van der Waals surface area contributed by atoms with E-state index < -0.39 is 0 Å². The van der Waals surface area contributed by atoms with Gasteiger partial charge < -0.3 is 9.84 Å². The van der Waals surface area contributed by atoms with E-state index in [0.29, 0.717) is 11.7 Å². The number of phenols is 1. The molecule has 68 valence electrons. The molecule has 2 aliphatic rings. The van der Waals surface area contributed by atoms with Gasteiger partial charge in [-0.1, -0.05) is 13.0 Å². The Morgan fingerprint density at radius 2 is 2.31 bits per heavy atom. The Kier molecular flexibility index (Phi) is 1.12. The molecule has 13 heavy (non-hydrogen) atoms. The van der Waals surface area contributed by atoms with Crippen LogP contribution in [0.3, 0.4) is 0 Å². The minimum Gasteiger partial charge on any atom is -0.508 e. The summed E-state index contributed by atoms with van der Waals surface area (Å²) in [5.41, 5.74) is 1.20. The first kappa shape index (κ1) is 7.25. The number of phenolic OH excluding ortho intramolecular Hbond substituents is 1. The first-order valence-electron chi connectivity index (χ1n) is 4.69. The van der Waals surface area contributed by atoms with Crippen molar-refractivity contribution in [1.82, 2.24) is 0 Å². The molecule has 1 aromatic rings. The Balaban J connectivity index is 2.21. The number of rotatable bonds is 0. The van der Waals surface area contributed by atoms with E-state index in [9.17, 15) is 5.11 Å². The van der Waals surface area contributed by atoms with Gasteiger partial charge in [-0.3, -0.25) is 0 Å². The van der Waals surface area contributed by atoms with Gasteiger partial charge in [-0.25, -0.2) is 0 Å².